The fraction of sp³-hybridized carbons (Fsp3) is 0.211. The Morgan fingerprint density at radius 3 is 2.85 bits per heavy atom. The van der Waals surface area contributed by atoms with Crippen molar-refractivity contribution in [3.8, 4) is 17.1 Å². The van der Waals surface area contributed by atoms with E-state index >= 15 is 0 Å². The second-order valence-corrected chi connectivity index (χ2v) is 6.67. The van der Waals surface area contributed by atoms with Crippen LogP contribution in [0.4, 0.5) is 10.5 Å². The first-order chi connectivity index (χ1) is 13.1. The molecule has 0 radical (unpaired) electrons. The molecule has 0 atom stereocenters. The van der Waals surface area contributed by atoms with Crippen LogP contribution in [0.15, 0.2) is 53.1 Å². The van der Waals surface area contributed by atoms with Crippen molar-refractivity contribution >= 4 is 23.3 Å². The van der Waals surface area contributed by atoms with Gasteiger partial charge in [0, 0.05) is 35.4 Å². The molecule has 1 aliphatic rings. The van der Waals surface area contributed by atoms with Crippen LogP contribution in [0.25, 0.3) is 11.4 Å². The van der Waals surface area contributed by atoms with Crippen molar-refractivity contribution < 1.29 is 14.1 Å². The lowest BCUT2D eigenvalue weighted by atomic mass is 10.0. The summed E-state index contributed by atoms with van der Waals surface area (Å²) >= 11 is 6.00. The lowest BCUT2D eigenvalue weighted by Gasteiger charge is -2.36. The molecule has 0 bridgehead atoms. The van der Waals surface area contributed by atoms with Crippen LogP contribution in [0.1, 0.15) is 11.8 Å². The standard InChI is InChI=1S/C19H17ClN4O3/c1-26-16-7-3-6-15(9-16)21-19(25)24-10-13(11-24)18-22-17(23-27-18)12-4-2-5-14(20)8-12/h2-9,13H,10-11H2,1H3,(H,21,25). The first kappa shape index (κ1) is 17.4. The molecule has 7 nitrogen and oxygen atoms in total. The molecule has 3 aromatic rings. The Kier molecular flexibility index (Phi) is 4.68. The van der Waals surface area contributed by atoms with Gasteiger partial charge in [0.15, 0.2) is 0 Å². The van der Waals surface area contributed by atoms with Gasteiger partial charge in [0.05, 0.1) is 13.0 Å². The van der Waals surface area contributed by atoms with E-state index in [0.29, 0.717) is 41.3 Å². The van der Waals surface area contributed by atoms with E-state index in [1.165, 1.54) is 0 Å². The van der Waals surface area contributed by atoms with Gasteiger partial charge in [0.25, 0.3) is 0 Å². The Balaban J connectivity index is 1.36. The summed E-state index contributed by atoms with van der Waals surface area (Å²) in [6.07, 6.45) is 0. The van der Waals surface area contributed by atoms with E-state index in [2.05, 4.69) is 15.5 Å². The molecule has 27 heavy (non-hydrogen) atoms. The van der Waals surface area contributed by atoms with Crippen LogP contribution >= 0.6 is 11.6 Å². The summed E-state index contributed by atoms with van der Waals surface area (Å²) in [6.45, 7) is 1.04. The van der Waals surface area contributed by atoms with Gasteiger partial charge in [0.2, 0.25) is 11.7 Å². The molecular formula is C19H17ClN4O3. The minimum Gasteiger partial charge on any atom is -0.497 e. The number of nitrogens with one attached hydrogen (secondary N) is 1. The van der Waals surface area contributed by atoms with Gasteiger partial charge in [-0.2, -0.15) is 4.98 Å². The Labute approximate surface area is 160 Å². The van der Waals surface area contributed by atoms with Crippen molar-refractivity contribution in [2.24, 2.45) is 0 Å². The number of ether oxygens (including phenoxy) is 1. The number of nitrogens with zero attached hydrogens (tertiary/aromatic N) is 3. The highest BCUT2D eigenvalue weighted by Gasteiger charge is 2.35. The van der Waals surface area contributed by atoms with Crippen molar-refractivity contribution in [2.45, 2.75) is 5.92 Å². The zero-order valence-corrected chi connectivity index (χ0v) is 15.3. The largest absolute Gasteiger partial charge is 0.497 e. The zero-order chi connectivity index (χ0) is 18.8. The summed E-state index contributed by atoms with van der Waals surface area (Å²) in [6, 6.07) is 14.3. The molecule has 138 valence electrons. The normalized spacial score (nSPS) is 13.9. The topological polar surface area (TPSA) is 80.5 Å². The number of rotatable bonds is 4. The van der Waals surface area contributed by atoms with E-state index in [1.54, 1.807) is 30.2 Å². The van der Waals surface area contributed by atoms with Crippen LogP contribution in [0.3, 0.4) is 0 Å². The monoisotopic (exact) mass is 384 g/mol. The maximum Gasteiger partial charge on any atom is 0.321 e. The third-order valence-corrected chi connectivity index (χ3v) is 4.60. The van der Waals surface area contributed by atoms with Crippen LogP contribution in [-0.2, 0) is 0 Å². The van der Waals surface area contributed by atoms with Crippen molar-refractivity contribution in [1.82, 2.24) is 15.0 Å². The Morgan fingerprint density at radius 1 is 1.26 bits per heavy atom. The number of amides is 2. The second kappa shape index (κ2) is 7.28. The fourth-order valence-corrected chi connectivity index (χ4v) is 3.04. The Hall–Kier alpha value is -3.06. The number of carbonyl (C=O) groups is 1. The van der Waals surface area contributed by atoms with E-state index in [4.69, 9.17) is 20.9 Å². The number of hydrogen-bond donors (Lipinski definition) is 1. The van der Waals surface area contributed by atoms with Crippen LogP contribution in [0, 0.1) is 0 Å². The Morgan fingerprint density at radius 2 is 2.07 bits per heavy atom. The van der Waals surface area contributed by atoms with Crippen LogP contribution < -0.4 is 10.1 Å². The summed E-state index contributed by atoms with van der Waals surface area (Å²) < 4.78 is 10.5. The van der Waals surface area contributed by atoms with E-state index in [-0.39, 0.29) is 11.9 Å². The molecule has 1 N–H and O–H groups in total. The number of urea groups is 1. The molecular weight excluding hydrogens is 368 g/mol. The number of halogens is 1. The molecule has 1 fully saturated rings. The predicted octanol–water partition coefficient (Wildman–Crippen LogP) is 4.03. The SMILES string of the molecule is COc1cccc(NC(=O)N2CC(c3nc(-c4cccc(Cl)c4)no3)C2)c1. The minimum absolute atomic E-state index is 0.0292. The van der Waals surface area contributed by atoms with Gasteiger partial charge in [0.1, 0.15) is 5.75 Å². The highest BCUT2D eigenvalue weighted by molar-refractivity contribution is 6.30. The molecule has 2 amide bonds. The highest BCUT2D eigenvalue weighted by atomic mass is 35.5. The molecule has 1 saturated heterocycles. The lowest BCUT2D eigenvalue weighted by Crippen LogP contribution is -2.50. The summed E-state index contributed by atoms with van der Waals surface area (Å²) in [5.74, 6) is 1.73. The summed E-state index contributed by atoms with van der Waals surface area (Å²) in [7, 11) is 1.59. The summed E-state index contributed by atoms with van der Waals surface area (Å²) in [4.78, 5) is 18.4. The van der Waals surface area contributed by atoms with Gasteiger partial charge in [-0.25, -0.2) is 4.79 Å². The number of likely N-dealkylation sites (tertiary alicyclic amines) is 1. The first-order valence-electron chi connectivity index (χ1n) is 8.42. The number of anilines is 1. The molecule has 1 aromatic heterocycles. The Bertz CT molecular complexity index is 969. The average molecular weight is 385 g/mol. The van der Waals surface area contributed by atoms with Crippen LogP contribution in [-0.4, -0.2) is 41.3 Å². The molecule has 0 saturated carbocycles. The van der Waals surface area contributed by atoms with E-state index in [1.807, 2.05) is 30.3 Å². The molecule has 0 spiro atoms. The average Bonchev–Trinajstić information content (AvgIpc) is 3.10. The molecule has 2 heterocycles. The molecule has 4 rings (SSSR count). The molecule has 8 heteroatoms. The fourth-order valence-electron chi connectivity index (χ4n) is 2.85. The van der Waals surface area contributed by atoms with Crippen molar-refractivity contribution in [1.29, 1.82) is 0 Å². The number of aromatic nitrogens is 2. The van der Waals surface area contributed by atoms with Gasteiger partial charge in [-0.15, -0.1) is 0 Å². The van der Waals surface area contributed by atoms with E-state index in [0.717, 1.165) is 5.56 Å². The smallest absolute Gasteiger partial charge is 0.321 e. The first-order valence-corrected chi connectivity index (χ1v) is 8.79. The third kappa shape index (κ3) is 3.73. The van der Waals surface area contributed by atoms with Crippen molar-refractivity contribution in [3.63, 3.8) is 0 Å². The second-order valence-electron chi connectivity index (χ2n) is 6.23. The third-order valence-electron chi connectivity index (χ3n) is 4.36. The summed E-state index contributed by atoms with van der Waals surface area (Å²) in [5, 5.41) is 7.48. The predicted molar refractivity (Wildman–Crippen MR) is 101 cm³/mol. The molecule has 0 unspecified atom stereocenters. The molecule has 0 aliphatic carbocycles. The van der Waals surface area contributed by atoms with Gasteiger partial charge >= 0.3 is 6.03 Å². The number of methoxy groups -OCH3 is 1. The van der Waals surface area contributed by atoms with Crippen molar-refractivity contribution in [3.05, 3.63) is 59.4 Å². The maximum atomic E-state index is 12.3. The van der Waals surface area contributed by atoms with Gasteiger partial charge in [-0.3, -0.25) is 0 Å². The number of benzene rings is 2. The zero-order valence-electron chi connectivity index (χ0n) is 14.6. The van der Waals surface area contributed by atoms with Crippen molar-refractivity contribution in [2.75, 3.05) is 25.5 Å². The maximum absolute atomic E-state index is 12.3. The number of hydrogen-bond acceptors (Lipinski definition) is 5. The van der Waals surface area contributed by atoms with Crippen LogP contribution in [0.5, 0.6) is 5.75 Å². The quantitative estimate of drug-likeness (QED) is 0.734. The molecule has 1 aliphatic heterocycles. The number of carbonyl (C=O) groups excluding carboxylic acids is 1. The van der Waals surface area contributed by atoms with Gasteiger partial charge in [-0.1, -0.05) is 35.0 Å². The van der Waals surface area contributed by atoms with E-state index < -0.39 is 0 Å². The van der Waals surface area contributed by atoms with Gasteiger partial charge < -0.3 is 19.5 Å². The summed E-state index contributed by atoms with van der Waals surface area (Å²) in [5.41, 5.74) is 1.48. The van der Waals surface area contributed by atoms with Gasteiger partial charge in [-0.05, 0) is 24.3 Å². The highest BCUT2D eigenvalue weighted by Crippen LogP contribution is 2.29. The van der Waals surface area contributed by atoms with E-state index in [9.17, 15) is 4.79 Å². The van der Waals surface area contributed by atoms with Crippen LogP contribution in [0.2, 0.25) is 5.02 Å². The molecule has 2 aromatic carbocycles. The minimum atomic E-state index is -0.172. The lowest BCUT2D eigenvalue weighted by molar-refractivity contribution is 0.147.